The molecular formula is C16H20N2O. The Morgan fingerprint density at radius 3 is 2.79 bits per heavy atom. The van der Waals surface area contributed by atoms with Gasteiger partial charge in [0.25, 0.3) is 0 Å². The summed E-state index contributed by atoms with van der Waals surface area (Å²) in [5, 5.41) is 5.91. The number of methoxy groups -OCH3 is 1. The zero-order chi connectivity index (χ0) is 13.3. The Balaban J connectivity index is 2.11. The highest BCUT2D eigenvalue weighted by molar-refractivity contribution is 5.85. The first kappa shape index (κ1) is 12.6. The first-order chi connectivity index (χ1) is 9.30. The number of nitrogens with zero attached hydrogens (tertiary/aromatic N) is 1. The van der Waals surface area contributed by atoms with Crippen LogP contribution in [0, 0.1) is 0 Å². The molecule has 0 bridgehead atoms. The maximum Gasteiger partial charge on any atom is 0.0872 e. The molecule has 0 aliphatic heterocycles. The van der Waals surface area contributed by atoms with E-state index in [2.05, 4.69) is 34.6 Å². The lowest BCUT2D eigenvalue weighted by Gasteiger charge is -2.46. The van der Waals surface area contributed by atoms with Gasteiger partial charge in [-0.3, -0.25) is 4.98 Å². The van der Waals surface area contributed by atoms with Crippen LogP contribution in [-0.2, 0) is 4.74 Å². The Hall–Kier alpha value is -1.45. The zero-order valence-electron chi connectivity index (χ0n) is 11.5. The van der Waals surface area contributed by atoms with Gasteiger partial charge >= 0.3 is 0 Å². The number of likely N-dealkylation sites (N-methyl/N-ethyl adjacent to an activating group) is 1. The van der Waals surface area contributed by atoms with Crippen LogP contribution < -0.4 is 5.32 Å². The summed E-state index contributed by atoms with van der Waals surface area (Å²) in [6, 6.07) is 8.74. The van der Waals surface area contributed by atoms with Gasteiger partial charge in [-0.15, -0.1) is 0 Å². The summed E-state index contributed by atoms with van der Waals surface area (Å²) in [7, 11) is 3.85. The molecule has 0 radical (unpaired) electrons. The van der Waals surface area contributed by atoms with E-state index in [0.717, 1.165) is 12.8 Å². The van der Waals surface area contributed by atoms with E-state index in [1.807, 2.05) is 26.6 Å². The van der Waals surface area contributed by atoms with Crippen LogP contribution in [0.15, 0.2) is 36.7 Å². The van der Waals surface area contributed by atoms with Crippen LogP contribution in [0.4, 0.5) is 0 Å². The molecule has 3 heteroatoms. The van der Waals surface area contributed by atoms with Crippen molar-refractivity contribution in [1.29, 1.82) is 0 Å². The maximum atomic E-state index is 5.85. The van der Waals surface area contributed by atoms with Crippen molar-refractivity contribution in [2.24, 2.45) is 0 Å². The van der Waals surface area contributed by atoms with Gasteiger partial charge in [0.1, 0.15) is 0 Å². The molecule has 1 heterocycles. The second-order valence-electron chi connectivity index (χ2n) is 5.29. The summed E-state index contributed by atoms with van der Waals surface area (Å²) in [5.41, 5.74) is 1.26. The Morgan fingerprint density at radius 1 is 1.32 bits per heavy atom. The average molecular weight is 256 g/mol. The molecule has 0 saturated heterocycles. The van der Waals surface area contributed by atoms with Gasteiger partial charge in [0.05, 0.1) is 11.6 Å². The van der Waals surface area contributed by atoms with Gasteiger partial charge in [-0.2, -0.15) is 0 Å². The number of fused-ring (bicyclic) bond motifs is 1. The molecular weight excluding hydrogens is 236 g/mol. The second kappa shape index (κ2) is 4.91. The van der Waals surface area contributed by atoms with Crippen molar-refractivity contribution in [2.45, 2.75) is 30.9 Å². The molecule has 1 atom stereocenters. The standard InChI is InChI=1S/C16H20N2O/c1-17-15(16(19-2)8-4-9-16)14-6-3-5-12-11-18-10-7-13(12)14/h3,5-7,10-11,15,17H,4,8-9H2,1-2H3. The lowest BCUT2D eigenvalue weighted by molar-refractivity contribution is -0.0980. The van der Waals surface area contributed by atoms with Crippen LogP contribution >= 0.6 is 0 Å². The Bertz CT molecular complexity index is 567. The fourth-order valence-corrected chi connectivity index (χ4v) is 3.24. The predicted molar refractivity (Wildman–Crippen MR) is 77.1 cm³/mol. The summed E-state index contributed by atoms with van der Waals surface area (Å²) in [4.78, 5) is 4.20. The van der Waals surface area contributed by atoms with Gasteiger partial charge in [0.15, 0.2) is 0 Å². The van der Waals surface area contributed by atoms with Crippen molar-refractivity contribution in [3.8, 4) is 0 Å². The van der Waals surface area contributed by atoms with Crippen LogP contribution in [0.2, 0.25) is 0 Å². The van der Waals surface area contributed by atoms with Gasteiger partial charge in [-0.1, -0.05) is 18.2 Å². The fourth-order valence-electron chi connectivity index (χ4n) is 3.24. The first-order valence-electron chi connectivity index (χ1n) is 6.86. The second-order valence-corrected chi connectivity index (χ2v) is 5.29. The fraction of sp³-hybridized carbons (Fsp3) is 0.438. The number of benzene rings is 1. The quantitative estimate of drug-likeness (QED) is 0.913. The third-order valence-corrected chi connectivity index (χ3v) is 4.45. The first-order valence-corrected chi connectivity index (χ1v) is 6.86. The minimum atomic E-state index is -0.0493. The zero-order valence-corrected chi connectivity index (χ0v) is 11.5. The lowest BCUT2D eigenvalue weighted by atomic mass is 9.71. The average Bonchev–Trinajstić information content (AvgIpc) is 2.42. The number of aromatic nitrogens is 1. The summed E-state index contributed by atoms with van der Waals surface area (Å²) < 4.78 is 5.85. The number of pyridine rings is 1. The van der Waals surface area contributed by atoms with E-state index in [1.165, 1.54) is 22.8 Å². The van der Waals surface area contributed by atoms with Crippen LogP contribution in [0.1, 0.15) is 30.9 Å². The van der Waals surface area contributed by atoms with Crippen molar-refractivity contribution in [1.82, 2.24) is 10.3 Å². The van der Waals surface area contributed by atoms with E-state index in [1.54, 1.807) is 0 Å². The van der Waals surface area contributed by atoms with Crippen LogP contribution in [-0.4, -0.2) is 24.7 Å². The van der Waals surface area contributed by atoms with E-state index < -0.39 is 0 Å². The molecule has 19 heavy (non-hydrogen) atoms. The number of rotatable bonds is 4. The SMILES string of the molecule is CNC(c1cccc2cnccc12)C1(OC)CCC1. The Morgan fingerprint density at radius 2 is 2.16 bits per heavy atom. The summed E-state index contributed by atoms with van der Waals surface area (Å²) in [6.45, 7) is 0. The molecule has 3 nitrogen and oxygen atoms in total. The molecule has 2 aromatic rings. The lowest BCUT2D eigenvalue weighted by Crippen LogP contribution is -2.49. The molecule has 0 amide bonds. The van der Waals surface area contributed by atoms with Crippen LogP contribution in [0.5, 0.6) is 0 Å². The number of hydrogen-bond acceptors (Lipinski definition) is 3. The topological polar surface area (TPSA) is 34.2 Å². The highest BCUT2D eigenvalue weighted by atomic mass is 16.5. The van der Waals surface area contributed by atoms with Crippen molar-refractivity contribution >= 4 is 10.8 Å². The highest BCUT2D eigenvalue weighted by Gasteiger charge is 2.44. The van der Waals surface area contributed by atoms with Crippen molar-refractivity contribution in [2.75, 3.05) is 14.2 Å². The van der Waals surface area contributed by atoms with Gasteiger partial charge < -0.3 is 10.1 Å². The molecule has 1 unspecified atom stereocenters. The molecule has 1 aliphatic rings. The molecule has 1 fully saturated rings. The van der Waals surface area contributed by atoms with Crippen LogP contribution in [0.3, 0.4) is 0 Å². The maximum absolute atomic E-state index is 5.85. The normalized spacial score (nSPS) is 19.1. The third-order valence-electron chi connectivity index (χ3n) is 4.45. The predicted octanol–water partition coefficient (Wildman–Crippen LogP) is 3.06. The molecule has 1 aromatic carbocycles. The van der Waals surface area contributed by atoms with E-state index in [0.29, 0.717) is 0 Å². The Kier molecular flexibility index (Phi) is 3.25. The molecule has 1 saturated carbocycles. The number of hydrogen-bond donors (Lipinski definition) is 1. The molecule has 3 rings (SSSR count). The summed E-state index contributed by atoms with van der Waals surface area (Å²) in [6.07, 6.45) is 7.27. The largest absolute Gasteiger partial charge is 0.376 e. The van der Waals surface area contributed by atoms with Gasteiger partial charge in [-0.05, 0) is 43.3 Å². The molecule has 100 valence electrons. The van der Waals surface area contributed by atoms with Gasteiger partial charge in [0.2, 0.25) is 0 Å². The molecule has 1 aromatic heterocycles. The molecule has 0 spiro atoms. The third kappa shape index (κ3) is 1.94. The minimum Gasteiger partial charge on any atom is -0.376 e. The van der Waals surface area contributed by atoms with E-state index in [4.69, 9.17) is 4.74 Å². The Labute approximate surface area is 114 Å². The summed E-state index contributed by atoms with van der Waals surface area (Å²) >= 11 is 0. The minimum absolute atomic E-state index is 0.0493. The van der Waals surface area contributed by atoms with E-state index >= 15 is 0 Å². The number of nitrogens with one attached hydrogen (secondary N) is 1. The van der Waals surface area contributed by atoms with Crippen LogP contribution in [0.25, 0.3) is 10.8 Å². The van der Waals surface area contributed by atoms with E-state index in [-0.39, 0.29) is 11.6 Å². The molecule has 1 aliphatic carbocycles. The van der Waals surface area contributed by atoms with Gasteiger partial charge in [-0.25, -0.2) is 0 Å². The van der Waals surface area contributed by atoms with E-state index in [9.17, 15) is 0 Å². The summed E-state index contributed by atoms with van der Waals surface area (Å²) in [5.74, 6) is 0. The van der Waals surface area contributed by atoms with Crippen molar-refractivity contribution < 1.29 is 4.74 Å². The molecule has 1 N–H and O–H groups in total. The highest BCUT2D eigenvalue weighted by Crippen LogP contribution is 2.45. The smallest absolute Gasteiger partial charge is 0.0872 e. The van der Waals surface area contributed by atoms with Gasteiger partial charge in [0, 0.05) is 24.9 Å². The van der Waals surface area contributed by atoms with Crippen molar-refractivity contribution in [3.63, 3.8) is 0 Å². The van der Waals surface area contributed by atoms with Crippen molar-refractivity contribution in [3.05, 3.63) is 42.2 Å². The monoisotopic (exact) mass is 256 g/mol. The number of ether oxygens (including phenoxy) is 1.